The zero-order chi connectivity index (χ0) is 11.4. The molecule has 1 heterocycles. The second kappa shape index (κ2) is 4.70. The summed E-state index contributed by atoms with van der Waals surface area (Å²) in [5.74, 6) is -1.60. The first-order valence-corrected chi connectivity index (χ1v) is 4.06. The van der Waals surface area contributed by atoms with E-state index in [1.807, 2.05) is 0 Å². The van der Waals surface area contributed by atoms with E-state index in [2.05, 4.69) is 9.72 Å². The van der Waals surface area contributed by atoms with Gasteiger partial charge in [0.05, 0.1) is 20.8 Å². The van der Waals surface area contributed by atoms with Crippen LogP contribution in [0.3, 0.4) is 0 Å². The topological polar surface area (TPSA) is 68.7 Å². The fraction of sp³-hybridized carbons (Fsp3) is 0.333. The number of aliphatic hydroxyl groups excluding tert-OH is 1. The summed E-state index contributed by atoms with van der Waals surface area (Å²) in [5.41, 5.74) is -0.297. The number of esters is 1. The van der Waals surface area contributed by atoms with Crippen molar-refractivity contribution >= 4 is 5.97 Å². The minimum absolute atomic E-state index is 0.0766. The van der Waals surface area contributed by atoms with E-state index < -0.39 is 18.4 Å². The fourth-order valence-electron chi connectivity index (χ4n) is 1.03. The van der Waals surface area contributed by atoms with Crippen LogP contribution in [0.1, 0.15) is 16.1 Å². The number of pyridine rings is 1. The molecule has 5 nitrogen and oxygen atoms in total. The van der Waals surface area contributed by atoms with E-state index in [1.165, 1.54) is 14.2 Å². The van der Waals surface area contributed by atoms with E-state index in [-0.39, 0.29) is 17.1 Å². The number of carbonyl (C=O) groups is 1. The maximum absolute atomic E-state index is 13.2. The largest absolute Gasteiger partial charge is 0.480 e. The molecular formula is C9H10FNO4. The minimum Gasteiger partial charge on any atom is -0.480 e. The number of methoxy groups -OCH3 is 2. The van der Waals surface area contributed by atoms with Gasteiger partial charge in [0.15, 0.2) is 0 Å². The van der Waals surface area contributed by atoms with E-state index in [1.54, 1.807) is 0 Å². The third kappa shape index (κ3) is 2.21. The zero-order valence-corrected chi connectivity index (χ0v) is 8.28. The number of carbonyl (C=O) groups excluding carboxylic acids is 1. The van der Waals surface area contributed by atoms with Gasteiger partial charge in [-0.05, 0) is 6.07 Å². The number of rotatable bonds is 3. The van der Waals surface area contributed by atoms with Crippen molar-refractivity contribution in [3.63, 3.8) is 0 Å². The first-order chi connectivity index (χ1) is 7.13. The number of halogens is 1. The van der Waals surface area contributed by atoms with Crippen LogP contribution in [0.25, 0.3) is 0 Å². The SMILES string of the molecule is COC(=O)c1cc(F)c(CO)nc1OC. The fourth-order valence-corrected chi connectivity index (χ4v) is 1.03. The Kier molecular flexibility index (Phi) is 3.56. The Morgan fingerprint density at radius 2 is 2.27 bits per heavy atom. The van der Waals surface area contributed by atoms with Gasteiger partial charge in [-0.2, -0.15) is 0 Å². The molecule has 0 saturated carbocycles. The Morgan fingerprint density at radius 3 is 2.73 bits per heavy atom. The molecule has 1 rings (SSSR count). The van der Waals surface area contributed by atoms with Gasteiger partial charge in [-0.3, -0.25) is 0 Å². The van der Waals surface area contributed by atoms with Crippen LogP contribution in [-0.4, -0.2) is 30.3 Å². The quantitative estimate of drug-likeness (QED) is 0.744. The van der Waals surface area contributed by atoms with Crippen molar-refractivity contribution < 1.29 is 23.8 Å². The van der Waals surface area contributed by atoms with Gasteiger partial charge < -0.3 is 14.6 Å². The second-order valence-corrected chi connectivity index (χ2v) is 2.62. The monoisotopic (exact) mass is 215 g/mol. The second-order valence-electron chi connectivity index (χ2n) is 2.62. The lowest BCUT2D eigenvalue weighted by Gasteiger charge is -2.07. The molecular weight excluding hydrogens is 205 g/mol. The van der Waals surface area contributed by atoms with Crippen molar-refractivity contribution in [2.24, 2.45) is 0 Å². The van der Waals surface area contributed by atoms with Crippen molar-refractivity contribution in [1.82, 2.24) is 4.98 Å². The van der Waals surface area contributed by atoms with Crippen molar-refractivity contribution in [1.29, 1.82) is 0 Å². The van der Waals surface area contributed by atoms with E-state index in [4.69, 9.17) is 9.84 Å². The number of ether oxygens (including phenoxy) is 2. The maximum atomic E-state index is 13.2. The molecule has 0 aliphatic carbocycles. The van der Waals surface area contributed by atoms with Crippen LogP contribution in [0.4, 0.5) is 4.39 Å². The number of hydrogen-bond donors (Lipinski definition) is 1. The Hall–Kier alpha value is -1.69. The predicted molar refractivity (Wildman–Crippen MR) is 48.0 cm³/mol. The summed E-state index contributed by atoms with van der Waals surface area (Å²) >= 11 is 0. The average molecular weight is 215 g/mol. The molecule has 0 amide bonds. The first kappa shape index (κ1) is 11.4. The number of nitrogens with zero attached hydrogens (tertiary/aromatic N) is 1. The van der Waals surface area contributed by atoms with E-state index in [0.29, 0.717) is 0 Å². The summed E-state index contributed by atoms with van der Waals surface area (Å²) in [4.78, 5) is 14.8. The van der Waals surface area contributed by atoms with Crippen molar-refractivity contribution in [3.8, 4) is 5.88 Å². The Labute approximate surface area is 85.5 Å². The van der Waals surface area contributed by atoms with Crippen LogP contribution in [-0.2, 0) is 11.3 Å². The lowest BCUT2D eigenvalue weighted by Crippen LogP contribution is -2.08. The Balaban J connectivity index is 3.27. The normalized spacial score (nSPS) is 9.87. The van der Waals surface area contributed by atoms with Gasteiger partial charge in [-0.25, -0.2) is 14.2 Å². The van der Waals surface area contributed by atoms with Crippen LogP contribution < -0.4 is 4.74 Å². The van der Waals surface area contributed by atoms with Gasteiger partial charge in [0.2, 0.25) is 5.88 Å². The van der Waals surface area contributed by atoms with Crippen LogP contribution >= 0.6 is 0 Å². The highest BCUT2D eigenvalue weighted by atomic mass is 19.1. The molecule has 0 fully saturated rings. The van der Waals surface area contributed by atoms with Gasteiger partial charge in [-0.1, -0.05) is 0 Å². The summed E-state index contributed by atoms with van der Waals surface area (Å²) < 4.78 is 22.4. The third-order valence-electron chi connectivity index (χ3n) is 1.76. The van der Waals surface area contributed by atoms with Crippen molar-refractivity contribution in [2.75, 3.05) is 14.2 Å². The van der Waals surface area contributed by atoms with Crippen LogP contribution in [0, 0.1) is 5.82 Å². The first-order valence-electron chi connectivity index (χ1n) is 4.06. The molecule has 15 heavy (non-hydrogen) atoms. The summed E-state index contributed by atoms with van der Waals surface area (Å²) in [6.07, 6.45) is 0. The molecule has 0 unspecified atom stereocenters. The molecule has 0 bridgehead atoms. The molecule has 82 valence electrons. The molecule has 1 aromatic rings. The highest BCUT2D eigenvalue weighted by Crippen LogP contribution is 2.19. The van der Waals surface area contributed by atoms with Crippen LogP contribution in [0.15, 0.2) is 6.07 Å². The summed E-state index contributed by atoms with van der Waals surface area (Å²) in [6.45, 7) is -0.566. The highest BCUT2D eigenvalue weighted by Gasteiger charge is 2.18. The lowest BCUT2D eigenvalue weighted by molar-refractivity contribution is 0.0595. The number of hydrogen-bond acceptors (Lipinski definition) is 5. The summed E-state index contributed by atoms with van der Waals surface area (Å²) in [5, 5.41) is 8.75. The van der Waals surface area contributed by atoms with Gasteiger partial charge in [0.1, 0.15) is 17.1 Å². The Bertz CT molecular complexity index is 381. The molecule has 0 aliphatic rings. The van der Waals surface area contributed by atoms with Crippen LogP contribution in [0.2, 0.25) is 0 Å². The van der Waals surface area contributed by atoms with Gasteiger partial charge in [0, 0.05) is 0 Å². The minimum atomic E-state index is -0.779. The number of aliphatic hydroxyl groups is 1. The van der Waals surface area contributed by atoms with Crippen LogP contribution in [0.5, 0.6) is 5.88 Å². The maximum Gasteiger partial charge on any atom is 0.343 e. The third-order valence-corrected chi connectivity index (χ3v) is 1.76. The molecule has 0 atom stereocenters. The summed E-state index contributed by atoms with van der Waals surface area (Å²) in [7, 11) is 2.45. The summed E-state index contributed by atoms with van der Waals surface area (Å²) in [6, 6.07) is 0.920. The van der Waals surface area contributed by atoms with Crippen molar-refractivity contribution in [2.45, 2.75) is 6.61 Å². The van der Waals surface area contributed by atoms with E-state index >= 15 is 0 Å². The van der Waals surface area contributed by atoms with Gasteiger partial charge in [-0.15, -0.1) is 0 Å². The molecule has 0 aromatic carbocycles. The molecule has 1 aromatic heterocycles. The molecule has 0 spiro atoms. The molecule has 1 N–H and O–H groups in total. The standard InChI is InChI=1S/C9H10FNO4/c1-14-8-5(9(13)15-2)3-6(10)7(4-12)11-8/h3,12H,4H2,1-2H3. The highest BCUT2D eigenvalue weighted by molar-refractivity contribution is 5.91. The lowest BCUT2D eigenvalue weighted by atomic mass is 10.2. The predicted octanol–water partition coefficient (Wildman–Crippen LogP) is 0.508. The van der Waals surface area contributed by atoms with E-state index in [9.17, 15) is 9.18 Å². The van der Waals surface area contributed by atoms with Gasteiger partial charge in [0.25, 0.3) is 0 Å². The molecule has 0 aliphatic heterocycles. The molecule has 0 saturated heterocycles. The Morgan fingerprint density at radius 1 is 1.60 bits per heavy atom. The molecule has 6 heteroatoms. The zero-order valence-electron chi connectivity index (χ0n) is 8.28. The van der Waals surface area contributed by atoms with Crippen molar-refractivity contribution in [3.05, 3.63) is 23.1 Å². The van der Waals surface area contributed by atoms with Gasteiger partial charge >= 0.3 is 5.97 Å². The number of aromatic nitrogens is 1. The van der Waals surface area contributed by atoms with E-state index in [0.717, 1.165) is 6.07 Å². The smallest absolute Gasteiger partial charge is 0.343 e. The average Bonchev–Trinajstić information content (AvgIpc) is 2.27. The molecule has 0 radical (unpaired) electrons.